The minimum absolute atomic E-state index is 0.0979. The second kappa shape index (κ2) is 8.43. The van der Waals surface area contributed by atoms with Crippen LogP contribution in [0.25, 0.3) is 0 Å². The molecule has 24 heavy (non-hydrogen) atoms. The van der Waals surface area contributed by atoms with Gasteiger partial charge < -0.3 is 20.7 Å². The molecule has 2 aliphatic rings. The van der Waals surface area contributed by atoms with Crippen molar-refractivity contribution in [2.24, 2.45) is 5.92 Å². The van der Waals surface area contributed by atoms with E-state index in [2.05, 4.69) is 16.0 Å². The molecule has 8 heteroatoms. The van der Waals surface area contributed by atoms with Crippen LogP contribution in [0, 0.1) is 5.92 Å². The zero-order chi connectivity index (χ0) is 17.6. The van der Waals surface area contributed by atoms with Gasteiger partial charge in [-0.2, -0.15) is 0 Å². The Morgan fingerprint density at radius 2 is 2.12 bits per heavy atom. The summed E-state index contributed by atoms with van der Waals surface area (Å²) in [6.45, 7) is 4.13. The summed E-state index contributed by atoms with van der Waals surface area (Å²) in [5.74, 6) is -0.485. The maximum atomic E-state index is 12.7. The molecule has 0 radical (unpaired) electrons. The molecule has 0 aromatic rings. The van der Waals surface area contributed by atoms with Crippen molar-refractivity contribution in [3.05, 3.63) is 0 Å². The molecule has 0 aromatic carbocycles. The van der Waals surface area contributed by atoms with Gasteiger partial charge in [0, 0.05) is 26.7 Å². The number of hydrogen-bond donors (Lipinski definition) is 3. The van der Waals surface area contributed by atoms with Crippen molar-refractivity contribution in [3.63, 3.8) is 0 Å². The monoisotopic (exact) mass is 340 g/mol. The molecule has 1 spiro atoms. The predicted molar refractivity (Wildman–Crippen MR) is 88.4 cm³/mol. The molecule has 2 rings (SSSR count). The molecule has 1 aliphatic heterocycles. The lowest BCUT2D eigenvalue weighted by atomic mass is 9.73. The SMILES string of the molecule is COCCNCCNC(=O)CN1C(=O)NC2(CCCCC2C)C1=O. The minimum Gasteiger partial charge on any atom is -0.383 e. The first-order valence-electron chi connectivity index (χ1n) is 8.61. The molecule has 0 aromatic heterocycles. The quantitative estimate of drug-likeness (QED) is 0.421. The van der Waals surface area contributed by atoms with Crippen LogP contribution in [0.4, 0.5) is 4.79 Å². The van der Waals surface area contributed by atoms with E-state index in [1.807, 2.05) is 6.92 Å². The zero-order valence-corrected chi connectivity index (χ0v) is 14.5. The van der Waals surface area contributed by atoms with E-state index in [0.717, 1.165) is 24.2 Å². The summed E-state index contributed by atoms with van der Waals surface area (Å²) in [6, 6.07) is -0.456. The van der Waals surface area contributed by atoms with Gasteiger partial charge in [0.2, 0.25) is 5.91 Å². The van der Waals surface area contributed by atoms with Gasteiger partial charge in [0.15, 0.2) is 0 Å². The van der Waals surface area contributed by atoms with Crippen molar-refractivity contribution in [2.45, 2.75) is 38.1 Å². The number of carbonyl (C=O) groups is 3. The van der Waals surface area contributed by atoms with Crippen LogP contribution in [0.15, 0.2) is 0 Å². The van der Waals surface area contributed by atoms with Gasteiger partial charge in [-0.15, -0.1) is 0 Å². The van der Waals surface area contributed by atoms with Crippen LogP contribution in [0.1, 0.15) is 32.6 Å². The lowest BCUT2D eigenvalue weighted by Crippen LogP contribution is -2.54. The molecule has 1 saturated heterocycles. The molecule has 1 heterocycles. The van der Waals surface area contributed by atoms with Crippen LogP contribution >= 0.6 is 0 Å². The first-order valence-corrected chi connectivity index (χ1v) is 8.61. The van der Waals surface area contributed by atoms with Crippen LogP contribution in [0.2, 0.25) is 0 Å². The van der Waals surface area contributed by atoms with Gasteiger partial charge in [0.05, 0.1) is 6.61 Å². The molecular formula is C16H28N4O4. The molecule has 2 unspecified atom stereocenters. The smallest absolute Gasteiger partial charge is 0.325 e. The largest absolute Gasteiger partial charge is 0.383 e. The Hall–Kier alpha value is -1.67. The molecule has 1 aliphatic carbocycles. The molecule has 4 amide bonds. The van der Waals surface area contributed by atoms with Gasteiger partial charge >= 0.3 is 6.03 Å². The maximum absolute atomic E-state index is 12.7. The highest BCUT2D eigenvalue weighted by Gasteiger charge is 2.55. The third-order valence-electron chi connectivity index (χ3n) is 4.91. The standard InChI is InChI=1S/C16H28N4O4/c1-12-5-3-4-6-16(12)14(22)20(15(23)19-16)11-13(21)18-8-7-17-9-10-24-2/h12,17H,3-11H2,1-2H3,(H,18,21)(H,19,23). The fourth-order valence-electron chi connectivity index (χ4n) is 3.43. The van der Waals surface area contributed by atoms with Gasteiger partial charge in [0.25, 0.3) is 5.91 Å². The lowest BCUT2D eigenvalue weighted by molar-refractivity contribution is -0.137. The number of rotatable bonds is 8. The Kier molecular flexibility index (Phi) is 6.56. The number of hydrogen-bond acceptors (Lipinski definition) is 5. The number of methoxy groups -OCH3 is 1. The topological polar surface area (TPSA) is 99.8 Å². The second-order valence-corrected chi connectivity index (χ2v) is 6.53. The molecule has 0 bridgehead atoms. The van der Waals surface area contributed by atoms with Crippen molar-refractivity contribution in [3.8, 4) is 0 Å². The predicted octanol–water partition coefficient (Wildman–Crippen LogP) is -0.161. The van der Waals surface area contributed by atoms with Gasteiger partial charge in [-0.25, -0.2) is 4.79 Å². The Morgan fingerprint density at radius 1 is 1.33 bits per heavy atom. The number of imide groups is 1. The van der Waals surface area contributed by atoms with Crippen LogP contribution < -0.4 is 16.0 Å². The van der Waals surface area contributed by atoms with Gasteiger partial charge in [0.1, 0.15) is 12.1 Å². The van der Waals surface area contributed by atoms with E-state index in [-0.39, 0.29) is 24.3 Å². The number of nitrogens with one attached hydrogen (secondary N) is 3. The Morgan fingerprint density at radius 3 is 2.83 bits per heavy atom. The summed E-state index contributed by atoms with van der Waals surface area (Å²) in [7, 11) is 1.63. The first-order chi connectivity index (χ1) is 11.5. The van der Waals surface area contributed by atoms with Crippen molar-refractivity contribution >= 4 is 17.8 Å². The highest BCUT2D eigenvalue weighted by atomic mass is 16.5. The summed E-state index contributed by atoms with van der Waals surface area (Å²) in [5.41, 5.74) is -0.808. The normalized spacial score (nSPS) is 26.8. The number of nitrogens with zero attached hydrogens (tertiary/aromatic N) is 1. The lowest BCUT2D eigenvalue weighted by Gasteiger charge is -2.36. The molecule has 2 atom stereocenters. The van der Waals surface area contributed by atoms with Crippen molar-refractivity contribution in [1.29, 1.82) is 0 Å². The van der Waals surface area contributed by atoms with E-state index in [9.17, 15) is 14.4 Å². The van der Waals surface area contributed by atoms with E-state index in [1.165, 1.54) is 0 Å². The second-order valence-electron chi connectivity index (χ2n) is 6.53. The fraction of sp³-hybridized carbons (Fsp3) is 0.812. The average Bonchev–Trinajstić information content (AvgIpc) is 2.79. The van der Waals surface area contributed by atoms with E-state index in [1.54, 1.807) is 7.11 Å². The van der Waals surface area contributed by atoms with Crippen molar-refractivity contribution in [2.75, 3.05) is 39.9 Å². The molecule has 136 valence electrons. The summed E-state index contributed by atoms with van der Waals surface area (Å²) in [5, 5.41) is 8.67. The fourth-order valence-corrected chi connectivity index (χ4v) is 3.43. The molecule has 3 N–H and O–H groups in total. The molecule has 8 nitrogen and oxygen atoms in total. The number of carbonyl (C=O) groups excluding carboxylic acids is 3. The first kappa shape index (κ1) is 18.7. The van der Waals surface area contributed by atoms with Crippen molar-refractivity contribution < 1.29 is 19.1 Å². The third-order valence-corrected chi connectivity index (χ3v) is 4.91. The number of ether oxygens (including phenoxy) is 1. The Bertz CT molecular complexity index is 485. The molecular weight excluding hydrogens is 312 g/mol. The zero-order valence-electron chi connectivity index (χ0n) is 14.5. The summed E-state index contributed by atoms with van der Waals surface area (Å²) in [4.78, 5) is 37.9. The van der Waals surface area contributed by atoms with Crippen molar-refractivity contribution in [1.82, 2.24) is 20.9 Å². The highest BCUT2D eigenvalue weighted by Crippen LogP contribution is 2.37. The van der Waals surface area contributed by atoms with E-state index >= 15 is 0 Å². The van der Waals surface area contributed by atoms with Gasteiger partial charge in [-0.3, -0.25) is 14.5 Å². The minimum atomic E-state index is -0.808. The van der Waals surface area contributed by atoms with E-state index < -0.39 is 11.6 Å². The van der Waals surface area contributed by atoms with Crippen LogP contribution in [0.3, 0.4) is 0 Å². The third kappa shape index (κ3) is 4.05. The van der Waals surface area contributed by atoms with E-state index in [4.69, 9.17) is 4.74 Å². The molecule has 2 fully saturated rings. The average molecular weight is 340 g/mol. The highest BCUT2D eigenvalue weighted by molar-refractivity contribution is 6.09. The molecule has 1 saturated carbocycles. The van der Waals surface area contributed by atoms with Gasteiger partial charge in [-0.05, 0) is 18.8 Å². The Balaban J connectivity index is 1.81. The van der Waals surface area contributed by atoms with Crippen LogP contribution in [0.5, 0.6) is 0 Å². The Labute approximate surface area is 142 Å². The number of amides is 4. The maximum Gasteiger partial charge on any atom is 0.325 e. The van der Waals surface area contributed by atoms with Crippen LogP contribution in [-0.2, 0) is 14.3 Å². The van der Waals surface area contributed by atoms with Crippen LogP contribution in [-0.4, -0.2) is 68.2 Å². The summed E-state index contributed by atoms with van der Waals surface area (Å²) < 4.78 is 4.91. The number of urea groups is 1. The summed E-state index contributed by atoms with van der Waals surface area (Å²) >= 11 is 0. The van der Waals surface area contributed by atoms with Gasteiger partial charge in [-0.1, -0.05) is 19.8 Å². The van der Waals surface area contributed by atoms with E-state index in [0.29, 0.717) is 32.7 Å². The summed E-state index contributed by atoms with van der Waals surface area (Å²) in [6.07, 6.45) is 3.56.